The summed E-state index contributed by atoms with van der Waals surface area (Å²) in [7, 11) is 3.51. The van der Waals surface area contributed by atoms with Crippen molar-refractivity contribution in [2.24, 2.45) is 0 Å². The zero-order valence-corrected chi connectivity index (χ0v) is 13.3. The van der Waals surface area contributed by atoms with Crippen LogP contribution in [0.5, 0.6) is 0 Å². The lowest BCUT2D eigenvalue weighted by Gasteiger charge is -2.40. The normalized spacial score (nSPS) is 15.8. The van der Waals surface area contributed by atoms with Gasteiger partial charge in [-0.15, -0.1) is 11.3 Å². The molecule has 1 aliphatic carbocycles. The van der Waals surface area contributed by atoms with E-state index in [-0.39, 0.29) is 18.1 Å². The largest absolute Gasteiger partial charge is 0.384 e. The maximum Gasteiger partial charge on any atom is 0.225 e. The monoisotopic (exact) mass is 307 g/mol. The topological polar surface area (TPSA) is 49.8 Å². The first-order valence-electron chi connectivity index (χ1n) is 7.05. The standard InChI is InChI=1S/C16H21NO3S/c1-17(15(19)10-16(20-2)6-4-7-16)11-14-9-13(12-21-14)5-3-8-18/h9,12,18H,4,6-8,10-11H2,1-2H3. The summed E-state index contributed by atoms with van der Waals surface area (Å²) in [5.74, 6) is 5.61. The molecule has 0 aromatic carbocycles. The van der Waals surface area contributed by atoms with Gasteiger partial charge in [0.25, 0.3) is 0 Å². The van der Waals surface area contributed by atoms with Crippen LogP contribution in [0.1, 0.15) is 36.1 Å². The highest BCUT2D eigenvalue weighted by Crippen LogP contribution is 2.38. The lowest BCUT2D eigenvalue weighted by atomic mass is 9.77. The summed E-state index contributed by atoms with van der Waals surface area (Å²) in [4.78, 5) is 15.1. The summed E-state index contributed by atoms with van der Waals surface area (Å²) < 4.78 is 5.51. The Morgan fingerprint density at radius 1 is 1.57 bits per heavy atom. The van der Waals surface area contributed by atoms with E-state index < -0.39 is 0 Å². The number of hydrogen-bond donors (Lipinski definition) is 1. The van der Waals surface area contributed by atoms with Crippen molar-refractivity contribution < 1.29 is 14.6 Å². The Morgan fingerprint density at radius 3 is 2.90 bits per heavy atom. The van der Waals surface area contributed by atoms with Gasteiger partial charge in [0, 0.05) is 30.0 Å². The van der Waals surface area contributed by atoms with Crippen LogP contribution in [0.15, 0.2) is 11.4 Å². The van der Waals surface area contributed by atoms with Gasteiger partial charge in [-0.25, -0.2) is 0 Å². The predicted molar refractivity (Wildman–Crippen MR) is 83.0 cm³/mol. The molecule has 1 saturated carbocycles. The number of methoxy groups -OCH3 is 1. The summed E-state index contributed by atoms with van der Waals surface area (Å²) in [6.45, 7) is 0.451. The molecule has 0 saturated heterocycles. The molecule has 0 atom stereocenters. The molecule has 0 unspecified atom stereocenters. The first-order valence-corrected chi connectivity index (χ1v) is 7.93. The molecule has 5 heteroatoms. The van der Waals surface area contributed by atoms with E-state index in [0.29, 0.717) is 13.0 Å². The van der Waals surface area contributed by atoms with E-state index in [1.807, 2.05) is 18.5 Å². The summed E-state index contributed by atoms with van der Waals surface area (Å²) in [6.07, 6.45) is 3.55. The fraction of sp³-hybridized carbons (Fsp3) is 0.562. The van der Waals surface area contributed by atoms with Crippen molar-refractivity contribution in [1.29, 1.82) is 0 Å². The zero-order valence-electron chi connectivity index (χ0n) is 12.5. The van der Waals surface area contributed by atoms with E-state index >= 15 is 0 Å². The van der Waals surface area contributed by atoms with Crippen LogP contribution in [-0.4, -0.2) is 42.3 Å². The Kier molecular flexibility index (Phi) is 5.40. The molecule has 1 N–H and O–H groups in total. The van der Waals surface area contributed by atoms with Gasteiger partial charge in [0.1, 0.15) is 6.61 Å². The molecule has 0 aliphatic heterocycles. The summed E-state index contributed by atoms with van der Waals surface area (Å²) in [5, 5.41) is 10.6. The van der Waals surface area contributed by atoms with Gasteiger partial charge in [-0.05, 0) is 25.3 Å². The van der Waals surface area contributed by atoms with Crippen molar-refractivity contribution in [2.75, 3.05) is 20.8 Å². The fourth-order valence-corrected chi connectivity index (χ4v) is 3.30. The molecule has 1 heterocycles. The number of aliphatic hydroxyl groups excluding tert-OH is 1. The van der Waals surface area contributed by atoms with Crippen molar-refractivity contribution in [1.82, 2.24) is 4.90 Å². The first kappa shape index (κ1) is 16.0. The highest BCUT2D eigenvalue weighted by atomic mass is 32.1. The number of rotatable bonds is 5. The molecule has 2 rings (SSSR count). The van der Waals surface area contributed by atoms with Crippen LogP contribution in [0, 0.1) is 11.8 Å². The molecule has 1 amide bonds. The Hall–Kier alpha value is -1.35. The second-order valence-corrected chi connectivity index (χ2v) is 6.42. The Labute approximate surface area is 129 Å². The van der Waals surface area contributed by atoms with Crippen LogP contribution in [0.2, 0.25) is 0 Å². The second-order valence-electron chi connectivity index (χ2n) is 5.43. The van der Waals surface area contributed by atoms with E-state index in [2.05, 4.69) is 11.8 Å². The maximum absolute atomic E-state index is 12.3. The number of nitrogens with zero attached hydrogens (tertiary/aromatic N) is 1. The van der Waals surface area contributed by atoms with Gasteiger partial charge in [0.15, 0.2) is 0 Å². The van der Waals surface area contributed by atoms with E-state index in [1.54, 1.807) is 23.3 Å². The molecule has 4 nitrogen and oxygen atoms in total. The van der Waals surface area contributed by atoms with E-state index in [4.69, 9.17) is 9.84 Å². The van der Waals surface area contributed by atoms with Crippen molar-refractivity contribution in [3.05, 3.63) is 21.9 Å². The van der Waals surface area contributed by atoms with Gasteiger partial charge in [-0.2, -0.15) is 0 Å². The van der Waals surface area contributed by atoms with Crippen LogP contribution in [-0.2, 0) is 16.1 Å². The third kappa shape index (κ3) is 4.07. The maximum atomic E-state index is 12.3. The Bertz CT molecular complexity index is 546. The number of amides is 1. The van der Waals surface area contributed by atoms with E-state index in [9.17, 15) is 4.79 Å². The van der Waals surface area contributed by atoms with Crippen LogP contribution in [0.25, 0.3) is 0 Å². The number of carbonyl (C=O) groups is 1. The predicted octanol–water partition coefficient (Wildman–Crippen LogP) is 2.01. The molecule has 1 aromatic rings. The highest BCUT2D eigenvalue weighted by Gasteiger charge is 2.39. The average molecular weight is 307 g/mol. The molecule has 1 aromatic heterocycles. The zero-order chi connectivity index (χ0) is 15.3. The van der Waals surface area contributed by atoms with Crippen LogP contribution < -0.4 is 0 Å². The van der Waals surface area contributed by atoms with Crippen molar-refractivity contribution in [3.63, 3.8) is 0 Å². The highest BCUT2D eigenvalue weighted by molar-refractivity contribution is 7.10. The molecule has 0 radical (unpaired) electrons. The number of ether oxygens (including phenoxy) is 1. The van der Waals surface area contributed by atoms with E-state index in [0.717, 1.165) is 29.7 Å². The third-order valence-corrected chi connectivity index (χ3v) is 4.88. The summed E-state index contributed by atoms with van der Waals surface area (Å²) in [6, 6.07) is 1.96. The van der Waals surface area contributed by atoms with Crippen LogP contribution in [0.4, 0.5) is 0 Å². The Balaban J connectivity index is 1.89. The average Bonchev–Trinajstić information content (AvgIpc) is 2.87. The summed E-state index contributed by atoms with van der Waals surface area (Å²) in [5.41, 5.74) is 0.663. The number of aliphatic hydroxyl groups is 1. The molecule has 1 fully saturated rings. The Morgan fingerprint density at radius 2 is 2.33 bits per heavy atom. The van der Waals surface area contributed by atoms with Gasteiger partial charge >= 0.3 is 0 Å². The second kappa shape index (κ2) is 7.08. The molecule has 0 bridgehead atoms. The van der Waals surface area contributed by atoms with Crippen LogP contribution in [0.3, 0.4) is 0 Å². The van der Waals surface area contributed by atoms with Gasteiger partial charge in [0.05, 0.1) is 18.6 Å². The quantitative estimate of drug-likeness (QED) is 0.847. The fourth-order valence-electron chi connectivity index (χ4n) is 2.43. The third-order valence-electron chi connectivity index (χ3n) is 3.96. The van der Waals surface area contributed by atoms with Gasteiger partial charge < -0.3 is 14.7 Å². The minimum atomic E-state index is -0.224. The molecular weight excluding hydrogens is 286 g/mol. The lowest BCUT2D eigenvalue weighted by Crippen LogP contribution is -2.44. The molecular formula is C16H21NO3S. The first-order chi connectivity index (χ1) is 10.1. The van der Waals surface area contributed by atoms with Crippen molar-refractivity contribution in [2.45, 2.75) is 37.8 Å². The number of thiophene rings is 1. The lowest BCUT2D eigenvalue weighted by molar-refractivity contribution is -0.143. The molecule has 114 valence electrons. The minimum absolute atomic E-state index is 0.118. The van der Waals surface area contributed by atoms with Gasteiger partial charge in [0.2, 0.25) is 5.91 Å². The van der Waals surface area contributed by atoms with E-state index in [1.165, 1.54) is 0 Å². The number of hydrogen-bond acceptors (Lipinski definition) is 4. The minimum Gasteiger partial charge on any atom is -0.384 e. The van der Waals surface area contributed by atoms with Crippen molar-refractivity contribution >= 4 is 17.2 Å². The van der Waals surface area contributed by atoms with Gasteiger partial charge in [-0.3, -0.25) is 4.79 Å². The summed E-state index contributed by atoms with van der Waals surface area (Å²) >= 11 is 1.58. The van der Waals surface area contributed by atoms with Crippen LogP contribution >= 0.6 is 11.3 Å². The smallest absolute Gasteiger partial charge is 0.225 e. The molecule has 21 heavy (non-hydrogen) atoms. The molecule has 1 aliphatic rings. The molecule has 0 spiro atoms. The number of carbonyl (C=O) groups excluding carboxylic acids is 1. The van der Waals surface area contributed by atoms with Crippen molar-refractivity contribution in [3.8, 4) is 11.8 Å². The van der Waals surface area contributed by atoms with Gasteiger partial charge in [-0.1, -0.05) is 11.8 Å². The SMILES string of the molecule is COC1(CC(=O)N(C)Cc2cc(C#CCO)cs2)CCC1.